The molecule has 1 atom stereocenters. The van der Waals surface area contributed by atoms with Gasteiger partial charge >= 0.3 is 6.03 Å². The lowest BCUT2D eigenvalue weighted by atomic mass is 9.89. The standard InChI is InChI=1S/C13H13BrN4O3/c14-8-2-3-9(15-6-8)10(19)18-5-1-4-13(7-18)11(20)16-12(21)17-13/h2-3,6H,1,4-5,7H2,(H2,16,17,20,21). The second kappa shape index (κ2) is 5.10. The molecular formula is C13H13BrN4O3. The second-order valence-corrected chi connectivity index (χ2v) is 6.10. The second-order valence-electron chi connectivity index (χ2n) is 5.18. The topological polar surface area (TPSA) is 91.4 Å². The average molecular weight is 353 g/mol. The number of carbonyl (C=O) groups excluding carboxylic acids is 3. The number of halogens is 1. The van der Waals surface area contributed by atoms with Gasteiger partial charge in [0.25, 0.3) is 11.8 Å². The van der Waals surface area contributed by atoms with Gasteiger partial charge in [-0.3, -0.25) is 14.9 Å². The van der Waals surface area contributed by atoms with Gasteiger partial charge in [-0.25, -0.2) is 9.78 Å². The van der Waals surface area contributed by atoms with Crippen LogP contribution < -0.4 is 10.6 Å². The summed E-state index contributed by atoms with van der Waals surface area (Å²) in [4.78, 5) is 41.4. The number of amides is 4. The molecule has 0 aliphatic carbocycles. The lowest BCUT2D eigenvalue weighted by molar-refractivity contribution is -0.125. The first kappa shape index (κ1) is 14.0. The highest BCUT2D eigenvalue weighted by atomic mass is 79.9. The Kier molecular flexibility index (Phi) is 3.40. The third-order valence-corrected chi connectivity index (χ3v) is 4.21. The molecule has 0 radical (unpaired) electrons. The lowest BCUT2D eigenvalue weighted by Crippen LogP contribution is -2.59. The molecule has 110 valence electrons. The Morgan fingerprint density at radius 2 is 2.19 bits per heavy atom. The van der Waals surface area contributed by atoms with E-state index in [1.807, 2.05) is 0 Å². The van der Waals surface area contributed by atoms with Gasteiger partial charge in [0.05, 0.1) is 6.54 Å². The van der Waals surface area contributed by atoms with Crippen molar-refractivity contribution in [2.45, 2.75) is 18.4 Å². The number of nitrogens with zero attached hydrogens (tertiary/aromatic N) is 2. The van der Waals surface area contributed by atoms with Gasteiger partial charge < -0.3 is 10.2 Å². The number of imide groups is 1. The summed E-state index contributed by atoms with van der Waals surface area (Å²) < 4.78 is 0.789. The van der Waals surface area contributed by atoms with E-state index in [0.29, 0.717) is 25.1 Å². The zero-order valence-corrected chi connectivity index (χ0v) is 12.6. The Labute approximate surface area is 129 Å². The first-order chi connectivity index (χ1) is 10.00. The molecule has 7 nitrogen and oxygen atoms in total. The molecule has 2 fully saturated rings. The Hall–Kier alpha value is -1.96. The number of piperidine rings is 1. The number of carbonyl (C=O) groups is 3. The van der Waals surface area contributed by atoms with Crippen molar-refractivity contribution in [2.75, 3.05) is 13.1 Å². The van der Waals surface area contributed by atoms with Crippen LogP contribution in [0.25, 0.3) is 0 Å². The van der Waals surface area contributed by atoms with Crippen molar-refractivity contribution < 1.29 is 14.4 Å². The molecule has 21 heavy (non-hydrogen) atoms. The predicted octanol–water partition coefficient (Wildman–Crippen LogP) is 0.658. The molecule has 2 N–H and O–H groups in total. The number of urea groups is 1. The van der Waals surface area contributed by atoms with Crippen molar-refractivity contribution in [1.29, 1.82) is 0 Å². The normalized spacial score (nSPS) is 24.9. The SMILES string of the molecule is O=C1NC(=O)C2(CCCN(C(=O)c3ccc(Br)cn3)C2)N1. The molecule has 1 unspecified atom stereocenters. The molecule has 2 aliphatic heterocycles. The van der Waals surface area contributed by atoms with Crippen molar-refractivity contribution >= 4 is 33.8 Å². The van der Waals surface area contributed by atoms with Crippen LogP contribution in [-0.4, -0.2) is 46.4 Å². The number of rotatable bonds is 1. The fourth-order valence-corrected chi connectivity index (χ4v) is 2.94. The first-order valence-corrected chi connectivity index (χ1v) is 7.34. The van der Waals surface area contributed by atoms with Crippen molar-refractivity contribution in [3.8, 4) is 0 Å². The summed E-state index contributed by atoms with van der Waals surface area (Å²) in [5.41, 5.74) is -0.680. The summed E-state index contributed by atoms with van der Waals surface area (Å²) in [7, 11) is 0. The summed E-state index contributed by atoms with van der Waals surface area (Å²) in [5, 5.41) is 4.88. The van der Waals surface area contributed by atoms with Crippen LogP contribution in [0.5, 0.6) is 0 Å². The van der Waals surface area contributed by atoms with Gasteiger partial charge in [-0.1, -0.05) is 0 Å². The number of pyridine rings is 1. The van der Waals surface area contributed by atoms with Crippen molar-refractivity contribution in [3.05, 3.63) is 28.5 Å². The molecule has 1 aromatic rings. The van der Waals surface area contributed by atoms with E-state index in [0.717, 1.165) is 4.47 Å². The Morgan fingerprint density at radius 3 is 2.81 bits per heavy atom. The van der Waals surface area contributed by atoms with Crippen molar-refractivity contribution in [2.24, 2.45) is 0 Å². The minimum atomic E-state index is -1.000. The zero-order valence-electron chi connectivity index (χ0n) is 11.1. The van der Waals surface area contributed by atoms with E-state index in [9.17, 15) is 14.4 Å². The van der Waals surface area contributed by atoms with E-state index in [1.54, 1.807) is 23.2 Å². The van der Waals surface area contributed by atoms with Gasteiger partial charge in [0, 0.05) is 17.2 Å². The Balaban J connectivity index is 1.80. The number of aromatic nitrogens is 1. The van der Waals surface area contributed by atoms with Gasteiger partial charge in [0.2, 0.25) is 0 Å². The maximum absolute atomic E-state index is 12.4. The summed E-state index contributed by atoms with van der Waals surface area (Å²) in [5.74, 6) is -0.607. The van der Waals surface area contributed by atoms with E-state index in [2.05, 4.69) is 31.5 Å². The lowest BCUT2D eigenvalue weighted by Gasteiger charge is -2.37. The van der Waals surface area contributed by atoms with Gasteiger partial charge in [0.1, 0.15) is 11.2 Å². The average Bonchev–Trinajstić information content (AvgIpc) is 2.73. The Morgan fingerprint density at radius 1 is 1.38 bits per heavy atom. The van der Waals surface area contributed by atoms with Crippen LogP contribution in [0, 0.1) is 0 Å². The van der Waals surface area contributed by atoms with Gasteiger partial charge in [0.15, 0.2) is 0 Å². The molecule has 2 aliphatic rings. The fraction of sp³-hybridized carbons (Fsp3) is 0.385. The number of hydrogen-bond donors (Lipinski definition) is 2. The molecule has 3 rings (SSSR count). The largest absolute Gasteiger partial charge is 0.334 e. The minimum absolute atomic E-state index is 0.168. The van der Waals surface area contributed by atoms with Crippen LogP contribution >= 0.6 is 15.9 Å². The molecule has 1 spiro atoms. The molecule has 4 amide bonds. The molecule has 0 aromatic carbocycles. The number of likely N-dealkylation sites (tertiary alicyclic amines) is 1. The third-order valence-electron chi connectivity index (χ3n) is 3.74. The van der Waals surface area contributed by atoms with Crippen LogP contribution in [0.1, 0.15) is 23.3 Å². The third kappa shape index (κ3) is 2.51. The molecule has 0 saturated carbocycles. The highest BCUT2D eigenvalue weighted by Crippen LogP contribution is 2.25. The van der Waals surface area contributed by atoms with Gasteiger partial charge in [-0.05, 0) is 40.9 Å². The van der Waals surface area contributed by atoms with Crippen LogP contribution in [0.4, 0.5) is 4.79 Å². The summed E-state index contributed by atoms with van der Waals surface area (Å²) in [6.45, 7) is 0.711. The van der Waals surface area contributed by atoms with Gasteiger partial charge in [-0.15, -0.1) is 0 Å². The van der Waals surface area contributed by atoms with E-state index >= 15 is 0 Å². The van der Waals surface area contributed by atoms with Crippen LogP contribution in [0.15, 0.2) is 22.8 Å². The van der Waals surface area contributed by atoms with E-state index < -0.39 is 11.6 Å². The number of nitrogens with one attached hydrogen (secondary N) is 2. The molecule has 0 bridgehead atoms. The van der Waals surface area contributed by atoms with Crippen molar-refractivity contribution in [1.82, 2.24) is 20.5 Å². The first-order valence-electron chi connectivity index (χ1n) is 6.55. The predicted molar refractivity (Wildman–Crippen MR) is 76.5 cm³/mol. The highest BCUT2D eigenvalue weighted by molar-refractivity contribution is 9.10. The maximum Gasteiger partial charge on any atom is 0.322 e. The van der Waals surface area contributed by atoms with Crippen LogP contribution in [0.2, 0.25) is 0 Å². The summed E-state index contributed by atoms with van der Waals surface area (Å²) in [6, 6.07) is 2.86. The molecule has 8 heteroatoms. The van der Waals surface area contributed by atoms with E-state index in [4.69, 9.17) is 0 Å². The fourth-order valence-electron chi connectivity index (χ4n) is 2.71. The molecular weight excluding hydrogens is 340 g/mol. The summed E-state index contributed by atoms with van der Waals surface area (Å²) in [6.07, 6.45) is 2.73. The van der Waals surface area contributed by atoms with Crippen molar-refractivity contribution in [3.63, 3.8) is 0 Å². The summed E-state index contributed by atoms with van der Waals surface area (Å²) >= 11 is 3.27. The number of hydrogen-bond acceptors (Lipinski definition) is 4. The maximum atomic E-state index is 12.4. The monoisotopic (exact) mass is 352 g/mol. The minimum Gasteiger partial charge on any atom is -0.334 e. The quantitative estimate of drug-likeness (QED) is 0.726. The van der Waals surface area contributed by atoms with E-state index in [1.165, 1.54) is 0 Å². The molecule has 3 heterocycles. The highest BCUT2D eigenvalue weighted by Gasteiger charge is 2.49. The smallest absolute Gasteiger partial charge is 0.322 e. The van der Waals surface area contributed by atoms with Crippen LogP contribution in [-0.2, 0) is 4.79 Å². The molecule has 2 saturated heterocycles. The van der Waals surface area contributed by atoms with Crippen LogP contribution in [0.3, 0.4) is 0 Å². The molecule has 1 aromatic heterocycles. The van der Waals surface area contributed by atoms with Gasteiger partial charge in [-0.2, -0.15) is 0 Å². The van der Waals surface area contributed by atoms with E-state index in [-0.39, 0.29) is 18.4 Å². The Bertz CT molecular complexity index is 618. The zero-order chi connectivity index (χ0) is 15.0.